The van der Waals surface area contributed by atoms with E-state index >= 15 is 0 Å². The Morgan fingerprint density at radius 1 is 1.22 bits per heavy atom. The van der Waals surface area contributed by atoms with Gasteiger partial charge in [-0.25, -0.2) is 0 Å². The molecule has 0 saturated carbocycles. The van der Waals surface area contributed by atoms with E-state index in [0.29, 0.717) is 31.3 Å². The molecule has 1 aromatic carbocycles. The zero-order valence-electron chi connectivity index (χ0n) is 9.40. The van der Waals surface area contributed by atoms with Gasteiger partial charge < -0.3 is 4.74 Å². The Hall–Kier alpha value is -0.530. The second-order valence-corrected chi connectivity index (χ2v) is 6.18. The van der Waals surface area contributed by atoms with Crippen molar-refractivity contribution < 1.29 is 13.2 Å². The maximum Gasteiger partial charge on any atom is 0.301 e. The van der Waals surface area contributed by atoms with E-state index in [0.717, 1.165) is 0 Å². The maximum atomic E-state index is 12.1. The number of nitrogens with zero attached hydrogens (tertiary/aromatic N) is 1. The first-order valence-corrected chi connectivity index (χ1v) is 7.50. The fraction of sp³-hybridized carbons (Fsp3) is 0.400. The van der Waals surface area contributed by atoms with Crippen LogP contribution in [0.5, 0.6) is 0 Å². The molecule has 1 fully saturated rings. The number of hydrogen-bond acceptors (Lipinski definition) is 3. The van der Waals surface area contributed by atoms with E-state index in [4.69, 9.17) is 27.9 Å². The van der Waals surface area contributed by atoms with Gasteiger partial charge in [-0.1, -0.05) is 29.3 Å². The molecule has 0 atom stereocenters. The predicted octanol–water partition coefficient (Wildman–Crippen LogP) is 1.98. The zero-order chi connectivity index (χ0) is 13.2. The molecular weight excluding hydrogens is 299 g/mol. The van der Waals surface area contributed by atoms with Crippen molar-refractivity contribution in [1.29, 1.82) is 0 Å². The highest BCUT2D eigenvalue weighted by Crippen LogP contribution is 2.30. The molecular formula is C10H12Cl2N2O3S. The second kappa shape index (κ2) is 5.63. The van der Waals surface area contributed by atoms with Gasteiger partial charge in [0.15, 0.2) is 0 Å². The molecule has 0 bridgehead atoms. The minimum atomic E-state index is -3.62. The molecule has 8 heteroatoms. The molecule has 0 aromatic heterocycles. The van der Waals surface area contributed by atoms with Crippen LogP contribution < -0.4 is 4.72 Å². The van der Waals surface area contributed by atoms with Gasteiger partial charge in [0.25, 0.3) is 0 Å². The molecule has 5 nitrogen and oxygen atoms in total. The summed E-state index contributed by atoms with van der Waals surface area (Å²) in [6.45, 7) is 1.44. The first-order chi connectivity index (χ1) is 8.50. The summed E-state index contributed by atoms with van der Waals surface area (Å²) in [5, 5.41) is 0.495. The van der Waals surface area contributed by atoms with E-state index in [1.54, 1.807) is 18.2 Å². The van der Waals surface area contributed by atoms with Crippen LogP contribution >= 0.6 is 23.2 Å². The van der Waals surface area contributed by atoms with Crippen molar-refractivity contribution >= 4 is 39.1 Å². The number of nitrogens with one attached hydrogen (secondary N) is 1. The average molecular weight is 311 g/mol. The highest BCUT2D eigenvalue weighted by Gasteiger charge is 2.24. The van der Waals surface area contributed by atoms with Crippen LogP contribution in [0.3, 0.4) is 0 Å². The van der Waals surface area contributed by atoms with Gasteiger partial charge >= 0.3 is 10.2 Å². The Balaban J connectivity index is 2.19. The third-order valence-corrected chi connectivity index (χ3v) is 4.84. The van der Waals surface area contributed by atoms with Crippen LogP contribution in [0.25, 0.3) is 0 Å². The Kier molecular flexibility index (Phi) is 4.34. The molecule has 100 valence electrons. The number of benzene rings is 1. The summed E-state index contributed by atoms with van der Waals surface area (Å²) < 4.78 is 33.0. The van der Waals surface area contributed by atoms with Gasteiger partial charge in [-0.05, 0) is 12.1 Å². The van der Waals surface area contributed by atoms with Crippen LogP contribution in [-0.4, -0.2) is 39.0 Å². The lowest BCUT2D eigenvalue weighted by Gasteiger charge is -2.26. The normalized spacial score (nSPS) is 17.7. The van der Waals surface area contributed by atoms with E-state index in [-0.39, 0.29) is 10.7 Å². The molecule has 0 unspecified atom stereocenters. The van der Waals surface area contributed by atoms with E-state index in [1.807, 2.05) is 0 Å². The van der Waals surface area contributed by atoms with Crippen molar-refractivity contribution in [3.05, 3.63) is 28.2 Å². The van der Waals surface area contributed by atoms with E-state index in [1.165, 1.54) is 4.31 Å². The number of rotatable bonds is 3. The number of hydrogen-bond donors (Lipinski definition) is 1. The van der Waals surface area contributed by atoms with Crippen molar-refractivity contribution in [2.24, 2.45) is 0 Å². The monoisotopic (exact) mass is 310 g/mol. The molecule has 0 amide bonds. The third kappa shape index (κ3) is 3.07. The van der Waals surface area contributed by atoms with Gasteiger partial charge in [-0.15, -0.1) is 0 Å². The van der Waals surface area contributed by atoms with Gasteiger partial charge in [-0.3, -0.25) is 4.72 Å². The van der Waals surface area contributed by atoms with E-state index in [2.05, 4.69) is 4.72 Å². The molecule has 1 saturated heterocycles. The third-order valence-electron chi connectivity index (χ3n) is 2.50. The number of ether oxygens (including phenoxy) is 1. The maximum absolute atomic E-state index is 12.1. The molecule has 0 aliphatic carbocycles. The highest BCUT2D eigenvalue weighted by atomic mass is 35.5. The van der Waals surface area contributed by atoms with Gasteiger partial charge in [0.2, 0.25) is 0 Å². The fourth-order valence-electron chi connectivity index (χ4n) is 1.57. The molecule has 1 aliphatic rings. The fourth-order valence-corrected chi connectivity index (χ4v) is 3.18. The lowest BCUT2D eigenvalue weighted by Crippen LogP contribution is -2.43. The SMILES string of the molecule is O=S(=O)(Nc1cccc(Cl)c1Cl)N1CCOCC1. The van der Waals surface area contributed by atoms with E-state index < -0.39 is 10.2 Å². The van der Waals surface area contributed by atoms with Crippen LogP contribution in [0.4, 0.5) is 5.69 Å². The van der Waals surface area contributed by atoms with Crippen LogP contribution in [0.1, 0.15) is 0 Å². The van der Waals surface area contributed by atoms with Crippen LogP contribution in [0.2, 0.25) is 10.0 Å². The molecule has 1 aromatic rings. The van der Waals surface area contributed by atoms with Crippen LogP contribution in [0, 0.1) is 0 Å². The smallest absolute Gasteiger partial charge is 0.301 e. The summed E-state index contributed by atoms with van der Waals surface area (Å²) in [5.41, 5.74) is 0.274. The van der Waals surface area contributed by atoms with Crippen molar-refractivity contribution in [2.45, 2.75) is 0 Å². The average Bonchev–Trinajstić information content (AvgIpc) is 2.36. The first-order valence-electron chi connectivity index (χ1n) is 5.30. The second-order valence-electron chi connectivity index (χ2n) is 3.72. The Morgan fingerprint density at radius 3 is 2.56 bits per heavy atom. The van der Waals surface area contributed by atoms with Crippen molar-refractivity contribution in [1.82, 2.24) is 4.31 Å². The van der Waals surface area contributed by atoms with Gasteiger partial charge in [0, 0.05) is 13.1 Å². The van der Waals surface area contributed by atoms with Crippen molar-refractivity contribution in [3.8, 4) is 0 Å². The Morgan fingerprint density at radius 2 is 1.89 bits per heavy atom. The topological polar surface area (TPSA) is 58.6 Å². The van der Waals surface area contributed by atoms with E-state index in [9.17, 15) is 8.42 Å². The Labute approximate surface area is 116 Å². The summed E-state index contributed by atoms with van der Waals surface area (Å²) in [4.78, 5) is 0. The standard InChI is InChI=1S/C10H12Cl2N2O3S/c11-8-2-1-3-9(10(8)12)13-18(15,16)14-4-6-17-7-5-14/h1-3,13H,4-7H2. The molecule has 0 radical (unpaired) electrons. The molecule has 18 heavy (non-hydrogen) atoms. The highest BCUT2D eigenvalue weighted by molar-refractivity contribution is 7.90. The summed E-state index contributed by atoms with van der Waals surface area (Å²) in [6, 6.07) is 4.79. The Bertz CT molecular complexity index is 530. The van der Waals surface area contributed by atoms with Crippen LogP contribution in [0.15, 0.2) is 18.2 Å². The van der Waals surface area contributed by atoms with Crippen molar-refractivity contribution in [2.75, 3.05) is 31.0 Å². The molecule has 0 spiro atoms. The molecule has 1 aliphatic heterocycles. The zero-order valence-corrected chi connectivity index (χ0v) is 11.7. The molecule has 2 rings (SSSR count). The molecule has 1 heterocycles. The first kappa shape index (κ1) is 13.9. The lowest BCUT2D eigenvalue weighted by atomic mass is 10.3. The number of morpholine rings is 1. The van der Waals surface area contributed by atoms with Crippen LogP contribution in [-0.2, 0) is 14.9 Å². The minimum absolute atomic E-state index is 0.191. The molecule has 1 N–H and O–H groups in total. The summed E-state index contributed by atoms with van der Waals surface area (Å²) in [6.07, 6.45) is 0. The predicted molar refractivity (Wildman–Crippen MR) is 71.4 cm³/mol. The summed E-state index contributed by atoms with van der Waals surface area (Å²) in [5.74, 6) is 0. The number of halogens is 2. The minimum Gasteiger partial charge on any atom is -0.379 e. The van der Waals surface area contributed by atoms with Crippen molar-refractivity contribution in [3.63, 3.8) is 0 Å². The van der Waals surface area contributed by atoms with Gasteiger partial charge in [0.05, 0.1) is 28.9 Å². The quantitative estimate of drug-likeness (QED) is 0.928. The number of anilines is 1. The largest absolute Gasteiger partial charge is 0.379 e. The summed E-state index contributed by atoms with van der Waals surface area (Å²) >= 11 is 11.8. The van der Waals surface area contributed by atoms with Gasteiger partial charge in [-0.2, -0.15) is 12.7 Å². The lowest BCUT2D eigenvalue weighted by molar-refractivity contribution is 0.0733. The summed E-state index contributed by atoms with van der Waals surface area (Å²) in [7, 11) is -3.62. The van der Waals surface area contributed by atoms with Gasteiger partial charge in [0.1, 0.15) is 0 Å².